The summed E-state index contributed by atoms with van der Waals surface area (Å²) >= 11 is 0. The maximum absolute atomic E-state index is 10.7. The van der Waals surface area contributed by atoms with Crippen LogP contribution in [0.1, 0.15) is 18.4 Å². The maximum Gasteiger partial charge on any atom is 0.145 e. The van der Waals surface area contributed by atoms with Gasteiger partial charge in [0.05, 0.1) is 66.8 Å². The molecule has 3 rings (SSSR count). The summed E-state index contributed by atoms with van der Waals surface area (Å²) in [5.74, 6) is 0.0444. The van der Waals surface area contributed by atoms with Crippen molar-refractivity contribution in [3.05, 3.63) is 60.2 Å². The van der Waals surface area contributed by atoms with Crippen LogP contribution in [-0.2, 0) is 0 Å². The summed E-state index contributed by atoms with van der Waals surface area (Å²) < 4.78 is 1.91. The van der Waals surface area contributed by atoms with Crippen LogP contribution in [0.15, 0.2) is 54.6 Å². The molecule has 0 fully saturated rings. The molecule has 3 aromatic rings. The smallest absolute Gasteiger partial charge is 0.145 e. The number of nitrogens with zero attached hydrogens (tertiary/aromatic N) is 2. The third kappa shape index (κ3) is 9.89. The van der Waals surface area contributed by atoms with E-state index in [2.05, 4.69) is 63.6 Å². The molecule has 3 aromatic carbocycles. The number of rotatable bonds is 14. The first-order valence-electron chi connectivity index (χ1n) is 13.7. The third-order valence-corrected chi connectivity index (χ3v) is 6.51. The second-order valence-electron chi connectivity index (χ2n) is 12.3. The fourth-order valence-electron chi connectivity index (χ4n) is 4.21. The van der Waals surface area contributed by atoms with Crippen LogP contribution in [-0.4, -0.2) is 87.6 Å². The lowest BCUT2D eigenvalue weighted by Crippen LogP contribution is -2.36. The van der Waals surface area contributed by atoms with Gasteiger partial charge >= 0.3 is 0 Å². The van der Waals surface area contributed by atoms with Crippen molar-refractivity contribution in [2.24, 2.45) is 0 Å². The van der Waals surface area contributed by atoms with Crippen molar-refractivity contribution in [2.45, 2.75) is 19.8 Å². The van der Waals surface area contributed by atoms with E-state index in [1.54, 1.807) is 13.0 Å². The van der Waals surface area contributed by atoms with Crippen LogP contribution in [0.5, 0.6) is 11.5 Å². The number of quaternary nitrogens is 2. The zero-order valence-electron chi connectivity index (χ0n) is 24.7. The summed E-state index contributed by atoms with van der Waals surface area (Å²) in [4.78, 5) is 0. The SMILES string of the molecule is Cc1c(O)c(Nc2ccc(NCCC[N+](C)(C)C)cc2)cc(Nc2ccc(NCCC[N+](C)(C)C)cc2)c1O. The van der Waals surface area contributed by atoms with E-state index >= 15 is 0 Å². The number of phenolic OH excluding ortho intramolecular Hbond substituents is 2. The maximum atomic E-state index is 10.7. The normalized spacial score (nSPS) is 11.8. The molecule has 0 saturated carbocycles. The van der Waals surface area contributed by atoms with E-state index in [0.29, 0.717) is 16.9 Å². The Hall–Kier alpha value is -3.62. The number of hydrogen-bond donors (Lipinski definition) is 6. The van der Waals surface area contributed by atoms with Gasteiger partial charge in [-0.25, -0.2) is 0 Å². The van der Waals surface area contributed by atoms with Crippen molar-refractivity contribution >= 4 is 34.1 Å². The van der Waals surface area contributed by atoms with E-state index in [1.165, 1.54) is 0 Å². The van der Waals surface area contributed by atoms with Gasteiger partial charge in [0.25, 0.3) is 0 Å². The van der Waals surface area contributed by atoms with Gasteiger partial charge in [0, 0.05) is 54.2 Å². The topological polar surface area (TPSA) is 88.6 Å². The first-order chi connectivity index (χ1) is 18.3. The van der Waals surface area contributed by atoms with Crippen LogP contribution in [0.25, 0.3) is 0 Å². The quantitative estimate of drug-likeness (QED) is 0.0665. The van der Waals surface area contributed by atoms with Gasteiger partial charge in [-0.05, 0) is 61.5 Å². The Morgan fingerprint density at radius 1 is 0.564 bits per heavy atom. The summed E-state index contributed by atoms with van der Waals surface area (Å²) in [7, 11) is 13.2. The second kappa shape index (κ2) is 13.0. The minimum atomic E-state index is 0.0222. The van der Waals surface area contributed by atoms with Crippen molar-refractivity contribution in [1.82, 2.24) is 0 Å². The van der Waals surface area contributed by atoms with Gasteiger partial charge in [-0.15, -0.1) is 0 Å². The molecule has 0 aliphatic rings. The standard InChI is InChI=1S/C31H46N6O2/c1-23-30(38)28(34-26-14-10-24(11-15-26)32-18-8-20-36(2,3)4)22-29(31(23)39)35-27-16-12-25(13-17-27)33-19-9-21-37(5,6)7/h10-17,22,32-35H,8-9,18-21H2,1-7H3/p+2. The lowest BCUT2D eigenvalue weighted by Gasteiger charge is -2.23. The highest BCUT2D eigenvalue weighted by Gasteiger charge is 2.15. The molecule has 0 spiro atoms. The summed E-state index contributed by atoms with van der Waals surface area (Å²) in [5, 5.41) is 34.9. The van der Waals surface area contributed by atoms with E-state index in [1.807, 2.05) is 48.5 Å². The summed E-state index contributed by atoms with van der Waals surface area (Å²) in [6.45, 7) is 5.76. The molecule has 0 aliphatic carbocycles. The molecule has 0 aromatic heterocycles. The molecule has 0 saturated heterocycles. The molecule has 0 amide bonds. The number of aromatic hydroxyl groups is 2. The van der Waals surface area contributed by atoms with E-state index in [4.69, 9.17) is 0 Å². The van der Waals surface area contributed by atoms with E-state index in [9.17, 15) is 10.2 Å². The molecule has 0 atom stereocenters. The fourth-order valence-corrected chi connectivity index (χ4v) is 4.21. The fraction of sp³-hybridized carbons (Fsp3) is 0.419. The molecule has 8 heteroatoms. The van der Waals surface area contributed by atoms with Crippen molar-refractivity contribution in [3.8, 4) is 11.5 Å². The predicted molar refractivity (Wildman–Crippen MR) is 166 cm³/mol. The Labute approximate surface area is 234 Å². The van der Waals surface area contributed by atoms with Crippen LogP contribution >= 0.6 is 0 Å². The third-order valence-electron chi connectivity index (χ3n) is 6.51. The van der Waals surface area contributed by atoms with Crippen LogP contribution in [0.3, 0.4) is 0 Å². The number of phenols is 2. The predicted octanol–water partition coefficient (Wildman–Crippen LogP) is 5.91. The average molecular weight is 537 g/mol. The first kappa shape index (κ1) is 29.9. The number of hydrogen-bond acceptors (Lipinski definition) is 6. The van der Waals surface area contributed by atoms with Gasteiger partial charge in [-0.3, -0.25) is 0 Å². The van der Waals surface area contributed by atoms with Gasteiger partial charge < -0.3 is 40.4 Å². The number of anilines is 6. The molecule has 0 radical (unpaired) electrons. The monoisotopic (exact) mass is 536 g/mol. The Morgan fingerprint density at radius 3 is 1.23 bits per heavy atom. The van der Waals surface area contributed by atoms with E-state index in [0.717, 1.165) is 70.7 Å². The van der Waals surface area contributed by atoms with Crippen molar-refractivity contribution in [1.29, 1.82) is 0 Å². The molecular weight excluding hydrogens is 488 g/mol. The van der Waals surface area contributed by atoms with Gasteiger partial charge in [-0.1, -0.05) is 0 Å². The molecule has 39 heavy (non-hydrogen) atoms. The lowest BCUT2D eigenvalue weighted by atomic mass is 10.1. The lowest BCUT2D eigenvalue weighted by molar-refractivity contribution is -0.870. The Balaban J connectivity index is 1.61. The minimum absolute atomic E-state index is 0.0222. The van der Waals surface area contributed by atoms with Gasteiger partial charge in [-0.2, -0.15) is 0 Å². The second-order valence-corrected chi connectivity index (χ2v) is 12.3. The highest BCUT2D eigenvalue weighted by molar-refractivity contribution is 5.80. The highest BCUT2D eigenvalue weighted by Crippen LogP contribution is 2.42. The first-order valence-corrected chi connectivity index (χ1v) is 13.7. The van der Waals surface area contributed by atoms with Gasteiger partial charge in [0.15, 0.2) is 0 Å². The summed E-state index contributed by atoms with van der Waals surface area (Å²) in [5.41, 5.74) is 5.26. The van der Waals surface area contributed by atoms with Crippen molar-refractivity contribution in [2.75, 3.05) is 89.7 Å². The number of benzene rings is 3. The zero-order chi connectivity index (χ0) is 28.6. The van der Waals surface area contributed by atoms with E-state index < -0.39 is 0 Å². The van der Waals surface area contributed by atoms with Crippen LogP contribution < -0.4 is 21.3 Å². The number of nitrogens with one attached hydrogen (secondary N) is 4. The zero-order valence-corrected chi connectivity index (χ0v) is 24.7. The highest BCUT2D eigenvalue weighted by atomic mass is 16.3. The summed E-state index contributed by atoms with van der Waals surface area (Å²) in [6.07, 6.45) is 2.19. The van der Waals surface area contributed by atoms with Crippen LogP contribution in [0.4, 0.5) is 34.1 Å². The van der Waals surface area contributed by atoms with Gasteiger partial charge in [0.2, 0.25) is 0 Å². The average Bonchev–Trinajstić information content (AvgIpc) is 2.87. The minimum Gasteiger partial charge on any atom is -0.505 e. The molecule has 0 aliphatic heterocycles. The van der Waals surface area contributed by atoms with E-state index in [-0.39, 0.29) is 11.5 Å². The van der Waals surface area contributed by atoms with Crippen molar-refractivity contribution < 1.29 is 19.2 Å². The molecule has 6 N–H and O–H groups in total. The Bertz CT molecular complexity index is 1100. The molecule has 0 unspecified atom stereocenters. The molecule has 212 valence electrons. The van der Waals surface area contributed by atoms with Gasteiger partial charge in [0.1, 0.15) is 11.5 Å². The Kier molecular flexibility index (Phi) is 9.94. The van der Waals surface area contributed by atoms with Crippen LogP contribution in [0, 0.1) is 6.92 Å². The molecular formula is C31H48N6O2+2. The molecule has 0 heterocycles. The van der Waals surface area contributed by atoms with Crippen molar-refractivity contribution in [3.63, 3.8) is 0 Å². The summed E-state index contributed by atoms with van der Waals surface area (Å²) in [6, 6.07) is 17.7. The largest absolute Gasteiger partial charge is 0.505 e. The molecule has 0 bridgehead atoms. The van der Waals surface area contributed by atoms with Crippen LogP contribution in [0.2, 0.25) is 0 Å². The Morgan fingerprint density at radius 2 is 0.897 bits per heavy atom. The molecule has 8 nitrogen and oxygen atoms in total.